The maximum absolute atomic E-state index is 4.57. The molecule has 4 rings (SSSR count). The van der Waals surface area contributed by atoms with Crippen LogP contribution in [0.4, 0.5) is 0 Å². The third kappa shape index (κ3) is 3.84. The number of benzene rings is 2. The molecule has 2 heterocycles. The topological polar surface area (TPSA) is 30.7 Å². The van der Waals surface area contributed by atoms with Crippen LogP contribution in [0.25, 0.3) is 28.2 Å². The number of hydrogen-bond donors (Lipinski definition) is 0. The van der Waals surface area contributed by atoms with Crippen molar-refractivity contribution in [2.45, 2.75) is 27.7 Å². The second-order valence-electron chi connectivity index (χ2n) is 6.99. The van der Waals surface area contributed by atoms with Gasteiger partial charge in [-0.15, -0.1) is 35.9 Å². The number of pyridine rings is 1. The van der Waals surface area contributed by atoms with Crippen molar-refractivity contribution in [3.8, 4) is 28.2 Å². The average Bonchev–Trinajstić information content (AvgIpc) is 3.10. The van der Waals surface area contributed by atoms with Crippen molar-refractivity contribution in [3.05, 3.63) is 89.5 Å². The minimum atomic E-state index is 0. The van der Waals surface area contributed by atoms with E-state index < -0.39 is 0 Å². The maximum Gasteiger partial charge on any atom is 0.0602 e. The molecule has 0 aliphatic rings. The Bertz CT molecular complexity index is 1070. The minimum absolute atomic E-state index is 0. The van der Waals surface area contributed by atoms with Gasteiger partial charge in [0.2, 0.25) is 0 Å². The zero-order valence-corrected chi connectivity index (χ0v) is 18.8. The van der Waals surface area contributed by atoms with Crippen molar-refractivity contribution in [1.29, 1.82) is 0 Å². The first-order valence-electron chi connectivity index (χ1n) is 9.10. The van der Waals surface area contributed by atoms with E-state index in [9.17, 15) is 0 Å². The summed E-state index contributed by atoms with van der Waals surface area (Å²) in [7, 11) is 0. The van der Waals surface area contributed by atoms with Crippen molar-refractivity contribution >= 4 is 0 Å². The van der Waals surface area contributed by atoms with Gasteiger partial charge in [-0.25, -0.2) is 0 Å². The summed E-state index contributed by atoms with van der Waals surface area (Å²) in [5.74, 6) is 0.908. The molecule has 0 atom stereocenters. The molecule has 0 saturated carbocycles. The molecule has 0 amide bonds. The Morgan fingerprint density at radius 1 is 0.857 bits per heavy atom. The number of rotatable bonds is 3. The van der Waals surface area contributed by atoms with Crippen LogP contribution in [0.15, 0.2) is 60.9 Å². The fourth-order valence-electron chi connectivity index (χ4n) is 3.72. The fraction of sp³-hybridized carbons (Fsp3) is 0.167. The fourth-order valence-corrected chi connectivity index (χ4v) is 3.72. The molecule has 143 valence electrons. The number of aromatic nitrogens is 3. The second kappa shape index (κ2) is 8.22. The summed E-state index contributed by atoms with van der Waals surface area (Å²) in [6.45, 7) is 8.40. The number of hydrogen-bond acceptors (Lipinski definition) is 2. The van der Waals surface area contributed by atoms with Gasteiger partial charge < -0.3 is 4.57 Å². The van der Waals surface area contributed by atoms with Gasteiger partial charge in [-0.3, -0.25) is 9.97 Å². The van der Waals surface area contributed by atoms with E-state index in [0.717, 1.165) is 22.8 Å². The predicted octanol–water partition coefficient (Wildman–Crippen LogP) is 5.63. The molecule has 0 aliphatic carbocycles. The molecule has 0 N–H and O–H groups in total. The zero-order valence-electron chi connectivity index (χ0n) is 16.4. The Labute approximate surface area is 179 Å². The van der Waals surface area contributed by atoms with E-state index in [0.29, 0.717) is 0 Å². The van der Waals surface area contributed by atoms with Crippen LogP contribution in [-0.4, -0.2) is 14.5 Å². The van der Waals surface area contributed by atoms with Crippen LogP contribution in [0.1, 0.15) is 22.5 Å². The van der Waals surface area contributed by atoms with Gasteiger partial charge in [0.25, 0.3) is 0 Å². The largest absolute Gasteiger partial charge is 0.340 e. The van der Waals surface area contributed by atoms with Gasteiger partial charge in [0.15, 0.2) is 0 Å². The maximum atomic E-state index is 4.57. The second-order valence-corrected chi connectivity index (χ2v) is 6.99. The molecule has 0 bridgehead atoms. The third-order valence-electron chi connectivity index (χ3n) is 4.74. The summed E-state index contributed by atoms with van der Waals surface area (Å²) >= 11 is 0. The molecule has 3 nitrogen and oxygen atoms in total. The van der Waals surface area contributed by atoms with Gasteiger partial charge in [-0.05, 0) is 74.2 Å². The molecule has 28 heavy (non-hydrogen) atoms. The van der Waals surface area contributed by atoms with Crippen molar-refractivity contribution in [2.24, 2.45) is 0 Å². The van der Waals surface area contributed by atoms with Crippen LogP contribution in [0.5, 0.6) is 0 Å². The van der Waals surface area contributed by atoms with E-state index in [1.165, 1.54) is 27.9 Å². The Morgan fingerprint density at radius 2 is 1.50 bits per heavy atom. The van der Waals surface area contributed by atoms with Gasteiger partial charge in [0.05, 0.1) is 5.82 Å². The first kappa shape index (κ1) is 20.2. The monoisotopic (exact) mass is 545 g/mol. The Kier molecular flexibility index (Phi) is 5.93. The number of nitrogens with zero attached hydrogens (tertiary/aromatic N) is 3. The molecule has 1 radical (unpaired) electrons. The van der Waals surface area contributed by atoms with Crippen molar-refractivity contribution in [3.63, 3.8) is 0 Å². The Morgan fingerprint density at radius 3 is 2.11 bits per heavy atom. The normalized spacial score (nSPS) is 10.6. The average molecular weight is 545 g/mol. The number of imidazole rings is 1. The van der Waals surface area contributed by atoms with E-state index in [1.54, 1.807) is 0 Å². The first-order chi connectivity index (χ1) is 13.0. The van der Waals surface area contributed by atoms with Crippen LogP contribution >= 0.6 is 0 Å². The van der Waals surface area contributed by atoms with Crippen LogP contribution in [0, 0.1) is 33.8 Å². The van der Waals surface area contributed by atoms with Gasteiger partial charge in [0.1, 0.15) is 0 Å². The third-order valence-corrected chi connectivity index (χ3v) is 4.74. The van der Waals surface area contributed by atoms with Crippen LogP contribution in [-0.2, 0) is 20.1 Å². The molecule has 0 spiro atoms. The summed E-state index contributed by atoms with van der Waals surface area (Å²) in [5.41, 5.74) is 9.11. The van der Waals surface area contributed by atoms with Crippen molar-refractivity contribution in [1.82, 2.24) is 14.5 Å². The van der Waals surface area contributed by atoms with Crippen molar-refractivity contribution in [2.75, 3.05) is 0 Å². The summed E-state index contributed by atoms with van der Waals surface area (Å²) in [6, 6.07) is 20.0. The SMILES string of the molecule is Cc1cc(-c2cc(C)c(-n3ccnc3-c3[c-]cccc3)c(C)c2)cc(C)n1.[Ir]. The molecular weight excluding hydrogens is 523 g/mol. The molecular formula is C24H22IrN3-. The van der Waals surface area contributed by atoms with E-state index in [2.05, 4.69) is 58.7 Å². The molecule has 0 unspecified atom stereocenters. The van der Waals surface area contributed by atoms with Crippen molar-refractivity contribution < 1.29 is 20.1 Å². The summed E-state index contributed by atoms with van der Waals surface area (Å²) in [4.78, 5) is 9.06. The molecule has 0 saturated heterocycles. The van der Waals surface area contributed by atoms with E-state index in [1.807, 2.05) is 50.5 Å². The van der Waals surface area contributed by atoms with Crippen LogP contribution in [0.2, 0.25) is 0 Å². The van der Waals surface area contributed by atoms with E-state index >= 15 is 0 Å². The van der Waals surface area contributed by atoms with Crippen LogP contribution < -0.4 is 0 Å². The standard InChI is InChI=1S/C24H22N3.Ir/c1-16-12-21(22-14-18(3)26-19(4)15-22)13-17(2)23(16)27-11-10-25-24(27)20-8-6-5-7-9-20;/h5-8,10-15H,1-4H3;/q-1;. The summed E-state index contributed by atoms with van der Waals surface area (Å²) in [5, 5.41) is 0. The Hall–Kier alpha value is -2.55. The predicted molar refractivity (Wildman–Crippen MR) is 110 cm³/mol. The molecule has 0 fully saturated rings. The van der Waals surface area contributed by atoms with Gasteiger partial charge in [-0.2, -0.15) is 0 Å². The summed E-state index contributed by atoms with van der Waals surface area (Å²) < 4.78 is 2.16. The molecule has 0 aliphatic heterocycles. The molecule has 4 heteroatoms. The summed E-state index contributed by atoms with van der Waals surface area (Å²) in [6.07, 6.45) is 3.87. The quantitative estimate of drug-likeness (QED) is 0.313. The molecule has 2 aromatic carbocycles. The van der Waals surface area contributed by atoms with E-state index in [4.69, 9.17) is 0 Å². The molecule has 2 aromatic heterocycles. The van der Waals surface area contributed by atoms with Crippen LogP contribution in [0.3, 0.4) is 0 Å². The van der Waals surface area contributed by atoms with Gasteiger partial charge >= 0.3 is 0 Å². The number of aryl methyl sites for hydroxylation is 4. The zero-order chi connectivity index (χ0) is 19.0. The minimum Gasteiger partial charge on any atom is -0.340 e. The van der Waals surface area contributed by atoms with E-state index in [-0.39, 0.29) is 20.1 Å². The van der Waals surface area contributed by atoms with Gasteiger partial charge in [-0.1, -0.05) is 0 Å². The van der Waals surface area contributed by atoms with Gasteiger partial charge in [0, 0.05) is 49.6 Å². The Balaban J connectivity index is 0.00000225. The smallest absolute Gasteiger partial charge is 0.0602 e. The first-order valence-corrected chi connectivity index (χ1v) is 9.10. The molecule has 4 aromatic rings.